The van der Waals surface area contributed by atoms with E-state index in [9.17, 15) is 13.2 Å². The molecule has 34 heavy (non-hydrogen) atoms. The molecular formula is C25H32IN3O4S. The third-order valence-electron chi connectivity index (χ3n) is 5.80. The lowest BCUT2D eigenvalue weighted by atomic mass is 10.0. The molecule has 2 aromatic heterocycles. The van der Waals surface area contributed by atoms with Crippen LogP contribution in [0, 0.1) is 3.57 Å². The number of unbranched alkanes of at least 4 members (excludes halogenated alkanes) is 4. The predicted octanol–water partition coefficient (Wildman–Crippen LogP) is 5.76. The van der Waals surface area contributed by atoms with Crippen molar-refractivity contribution in [2.45, 2.75) is 52.4 Å². The van der Waals surface area contributed by atoms with Crippen molar-refractivity contribution in [1.82, 2.24) is 10.3 Å². The molecular weight excluding hydrogens is 565 g/mol. The molecule has 0 aliphatic heterocycles. The molecule has 0 aliphatic rings. The lowest BCUT2D eigenvalue weighted by molar-refractivity contribution is 0.0964. The Hall–Kier alpha value is -2.14. The maximum atomic E-state index is 12.8. The molecule has 0 bridgehead atoms. The van der Waals surface area contributed by atoms with E-state index >= 15 is 0 Å². The van der Waals surface area contributed by atoms with Gasteiger partial charge in [-0.1, -0.05) is 63.8 Å². The summed E-state index contributed by atoms with van der Waals surface area (Å²) in [5.41, 5.74) is 2.58. The van der Waals surface area contributed by atoms with E-state index < -0.39 is 10.0 Å². The summed E-state index contributed by atoms with van der Waals surface area (Å²) >= 11 is 2.08. The normalized spacial score (nSPS) is 11.7. The number of anilines is 1. The van der Waals surface area contributed by atoms with Gasteiger partial charge < -0.3 is 9.73 Å². The molecule has 0 aliphatic carbocycles. The molecule has 9 heteroatoms. The van der Waals surface area contributed by atoms with Crippen LogP contribution in [0.3, 0.4) is 0 Å². The molecule has 1 amide bonds. The minimum Gasteiger partial charge on any atom is -0.437 e. The molecule has 0 fully saturated rings. The number of aryl methyl sites for hydroxylation is 1. The van der Waals surface area contributed by atoms with Crippen molar-refractivity contribution in [2.24, 2.45) is 0 Å². The van der Waals surface area contributed by atoms with Crippen LogP contribution in [0.25, 0.3) is 22.4 Å². The van der Waals surface area contributed by atoms with E-state index in [-0.39, 0.29) is 11.6 Å². The van der Waals surface area contributed by atoms with Crippen LogP contribution in [0.4, 0.5) is 5.82 Å². The fraction of sp³-hybridized carbons (Fsp3) is 0.440. The van der Waals surface area contributed by atoms with Gasteiger partial charge in [0.2, 0.25) is 15.7 Å². The summed E-state index contributed by atoms with van der Waals surface area (Å²) in [6.45, 7) is 4.58. The number of halogens is 1. The third-order valence-corrected chi connectivity index (χ3v) is 7.75. The van der Waals surface area contributed by atoms with E-state index in [1.807, 2.05) is 24.3 Å². The number of nitrogens with one attached hydrogen (secondary N) is 1. The number of carbonyl (C=O) groups is 1. The van der Waals surface area contributed by atoms with Crippen LogP contribution in [0.5, 0.6) is 0 Å². The maximum absolute atomic E-state index is 12.8. The number of benzene rings is 1. The fourth-order valence-corrected chi connectivity index (χ4v) is 5.70. The number of fused-ring (bicyclic) bond motifs is 1. The number of hydrogen-bond donors (Lipinski definition) is 1. The van der Waals surface area contributed by atoms with Gasteiger partial charge in [0.05, 0.1) is 20.8 Å². The van der Waals surface area contributed by atoms with Gasteiger partial charge in [-0.3, -0.25) is 9.10 Å². The molecule has 1 aromatic carbocycles. The van der Waals surface area contributed by atoms with E-state index in [1.165, 1.54) is 16.1 Å². The van der Waals surface area contributed by atoms with Gasteiger partial charge in [0.1, 0.15) is 5.76 Å². The van der Waals surface area contributed by atoms with Crippen LogP contribution in [0.1, 0.15) is 61.9 Å². The highest BCUT2D eigenvalue weighted by Gasteiger charge is 2.27. The highest BCUT2D eigenvalue weighted by molar-refractivity contribution is 14.1. The van der Waals surface area contributed by atoms with E-state index in [0.717, 1.165) is 44.1 Å². The van der Waals surface area contributed by atoms with Crippen molar-refractivity contribution in [1.29, 1.82) is 0 Å². The van der Waals surface area contributed by atoms with Gasteiger partial charge >= 0.3 is 0 Å². The number of amides is 1. The number of sulfonamides is 1. The molecule has 3 rings (SSSR count). The van der Waals surface area contributed by atoms with Crippen LogP contribution >= 0.6 is 22.6 Å². The third kappa shape index (κ3) is 5.91. The van der Waals surface area contributed by atoms with Gasteiger partial charge in [0.25, 0.3) is 5.91 Å². The number of hydrogen-bond acceptors (Lipinski definition) is 5. The Morgan fingerprint density at radius 2 is 1.79 bits per heavy atom. The molecule has 0 saturated heterocycles. The number of rotatable bonds is 11. The first kappa shape index (κ1) is 26.5. The Bertz CT molecular complexity index is 1250. The van der Waals surface area contributed by atoms with Crippen molar-refractivity contribution in [3.8, 4) is 11.3 Å². The molecule has 184 valence electrons. The summed E-state index contributed by atoms with van der Waals surface area (Å²) in [7, 11) is -1.97. The molecule has 0 atom stereocenters. The number of furan rings is 1. The Labute approximate surface area is 215 Å². The van der Waals surface area contributed by atoms with Crippen molar-refractivity contribution in [3.63, 3.8) is 0 Å². The minimum absolute atomic E-state index is 0.239. The average Bonchev–Trinajstić information content (AvgIpc) is 3.18. The monoisotopic (exact) mass is 597 g/mol. The molecule has 0 radical (unpaired) electrons. The van der Waals surface area contributed by atoms with E-state index in [0.29, 0.717) is 32.6 Å². The zero-order chi connectivity index (χ0) is 24.9. The standard InChI is InChI=1S/C25H32IN3O4S/c1-5-7-8-9-10-15-29(34(4,31)32)23-20(26)16-19-21(24(30)27-3)22(33-25(19)28-23)18-13-11-17(6-2)12-14-18/h11-14,16H,5-10,15H2,1-4H3,(H,27,30). The Kier molecular flexibility index (Phi) is 8.97. The summed E-state index contributed by atoms with van der Waals surface area (Å²) in [4.78, 5) is 17.4. The molecule has 3 aromatic rings. The summed E-state index contributed by atoms with van der Waals surface area (Å²) in [6, 6.07) is 9.64. The summed E-state index contributed by atoms with van der Waals surface area (Å²) < 4.78 is 33.4. The van der Waals surface area contributed by atoms with Gasteiger partial charge in [-0.15, -0.1) is 0 Å². The molecule has 0 unspecified atom stereocenters. The van der Waals surface area contributed by atoms with Gasteiger partial charge in [0, 0.05) is 19.2 Å². The van der Waals surface area contributed by atoms with Crippen LogP contribution in [0.15, 0.2) is 34.7 Å². The summed E-state index contributed by atoms with van der Waals surface area (Å²) in [5.74, 6) is 0.466. The summed E-state index contributed by atoms with van der Waals surface area (Å²) in [5, 5.41) is 3.24. The van der Waals surface area contributed by atoms with Crippen molar-refractivity contribution in [2.75, 3.05) is 24.2 Å². The number of pyridine rings is 1. The Balaban J connectivity index is 2.09. The first-order valence-electron chi connectivity index (χ1n) is 11.6. The van der Waals surface area contributed by atoms with Crippen molar-refractivity contribution < 1.29 is 17.6 Å². The average molecular weight is 598 g/mol. The van der Waals surface area contributed by atoms with Gasteiger partial charge in [-0.2, -0.15) is 4.98 Å². The van der Waals surface area contributed by atoms with Crippen molar-refractivity contribution >= 4 is 55.4 Å². The second kappa shape index (κ2) is 11.5. The van der Waals surface area contributed by atoms with Crippen molar-refractivity contribution in [3.05, 3.63) is 45.0 Å². The number of carbonyl (C=O) groups excluding carboxylic acids is 1. The van der Waals surface area contributed by atoms with Gasteiger partial charge in [-0.05, 0) is 47.1 Å². The molecule has 0 spiro atoms. The predicted molar refractivity (Wildman–Crippen MR) is 146 cm³/mol. The largest absolute Gasteiger partial charge is 0.437 e. The molecule has 2 heterocycles. The smallest absolute Gasteiger partial charge is 0.255 e. The van der Waals surface area contributed by atoms with E-state index in [4.69, 9.17) is 4.42 Å². The highest BCUT2D eigenvalue weighted by Crippen LogP contribution is 2.36. The molecule has 1 N–H and O–H groups in total. The SMILES string of the molecule is CCCCCCCN(c1nc2oc(-c3ccc(CC)cc3)c(C(=O)NC)c2cc1I)S(C)(=O)=O. The quantitative estimate of drug-likeness (QED) is 0.224. The van der Waals surface area contributed by atoms with Crippen LogP contribution < -0.4 is 9.62 Å². The Morgan fingerprint density at radius 1 is 1.12 bits per heavy atom. The Morgan fingerprint density at radius 3 is 2.38 bits per heavy atom. The van der Waals surface area contributed by atoms with E-state index in [1.54, 1.807) is 13.1 Å². The topological polar surface area (TPSA) is 92.5 Å². The second-order valence-corrected chi connectivity index (χ2v) is 11.4. The number of nitrogens with zero attached hydrogens (tertiary/aromatic N) is 2. The summed E-state index contributed by atoms with van der Waals surface area (Å²) in [6.07, 6.45) is 7.15. The zero-order valence-electron chi connectivity index (χ0n) is 20.2. The molecule has 0 saturated carbocycles. The van der Waals surface area contributed by atoms with Crippen LogP contribution in [0.2, 0.25) is 0 Å². The zero-order valence-corrected chi connectivity index (χ0v) is 23.1. The minimum atomic E-state index is -3.54. The van der Waals surface area contributed by atoms with E-state index in [2.05, 4.69) is 46.7 Å². The lowest BCUT2D eigenvalue weighted by Crippen LogP contribution is -2.32. The first-order valence-corrected chi connectivity index (χ1v) is 14.6. The fourth-order valence-electron chi connectivity index (χ4n) is 3.90. The van der Waals surface area contributed by atoms with Crippen LogP contribution in [-0.4, -0.2) is 39.2 Å². The highest BCUT2D eigenvalue weighted by atomic mass is 127. The van der Waals surface area contributed by atoms with Gasteiger partial charge in [-0.25, -0.2) is 8.42 Å². The first-order chi connectivity index (χ1) is 16.2. The van der Waals surface area contributed by atoms with Gasteiger partial charge in [0.15, 0.2) is 5.82 Å². The lowest BCUT2D eigenvalue weighted by Gasteiger charge is -2.22. The second-order valence-electron chi connectivity index (χ2n) is 8.33. The van der Waals surface area contributed by atoms with Crippen LogP contribution in [-0.2, 0) is 16.4 Å². The number of aromatic nitrogens is 1. The maximum Gasteiger partial charge on any atom is 0.255 e. The molecule has 7 nitrogen and oxygen atoms in total.